The van der Waals surface area contributed by atoms with E-state index < -0.39 is 31.1 Å². The minimum Gasteiger partial charge on any atom is -0.394 e. The van der Waals surface area contributed by atoms with E-state index in [1.807, 2.05) is 0 Å². The third-order valence-corrected chi connectivity index (χ3v) is 3.63. The average Bonchev–Trinajstić information content (AvgIpc) is 3.02. The fourth-order valence-electron chi connectivity index (χ4n) is 2.42. The summed E-state index contributed by atoms with van der Waals surface area (Å²) < 4.78 is 6.96. The van der Waals surface area contributed by atoms with Crippen LogP contribution in [0.4, 0.5) is 11.8 Å². The number of aliphatic hydroxyl groups excluding tert-OH is 3. The molecule has 2 aromatic heterocycles. The summed E-state index contributed by atoms with van der Waals surface area (Å²) in [4.78, 5) is 14.3. The van der Waals surface area contributed by atoms with E-state index in [9.17, 15) is 15.3 Å². The molecule has 120 valence electrons. The quantitative estimate of drug-likeness (QED) is 0.510. The van der Waals surface area contributed by atoms with Crippen LogP contribution >= 0.6 is 0 Å². The van der Waals surface area contributed by atoms with Crippen LogP contribution < -0.4 is 10.6 Å². The van der Waals surface area contributed by atoms with Crippen molar-refractivity contribution in [1.29, 1.82) is 0 Å². The number of aliphatic hydroxyl groups is 3. The van der Waals surface area contributed by atoms with Crippen molar-refractivity contribution in [3.63, 3.8) is 0 Å². The molecular formula is C12H18N6O4. The number of hydrogen-bond donors (Lipinski definition) is 4. The normalized spacial score (nSPS) is 28.4. The van der Waals surface area contributed by atoms with Crippen LogP contribution in [0.15, 0.2) is 6.33 Å². The highest BCUT2D eigenvalue weighted by Gasteiger charge is 2.44. The van der Waals surface area contributed by atoms with E-state index in [0.29, 0.717) is 17.1 Å². The molecular weight excluding hydrogens is 292 g/mol. The molecule has 5 N–H and O–H groups in total. The first-order chi connectivity index (χ1) is 10.4. The third kappa shape index (κ3) is 2.16. The van der Waals surface area contributed by atoms with E-state index >= 15 is 0 Å². The molecule has 4 unspecified atom stereocenters. The Labute approximate surface area is 125 Å². The maximum Gasteiger partial charge on any atom is 0.228 e. The van der Waals surface area contributed by atoms with Crippen molar-refractivity contribution in [2.24, 2.45) is 0 Å². The van der Waals surface area contributed by atoms with Crippen molar-refractivity contribution >= 4 is 22.9 Å². The summed E-state index contributed by atoms with van der Waals surface area (Å²) in [5.41, 5.74) is 6.63. The standard InChI is InChI=1S/C12H18N6O4/c1-17(2)12-15-9(13)6-10(16-12)18(4-14-6)11-8(21)7(20)5(3-19)22-11/h4-5,7-8,11,19-21H,3H2,1-2H3,(H2,13,15,16). The number of anilines is 2. The Hall–Kier alpha value is -2.01. The molecule has 0 spiro atoms. The van der Waals surface area contributed by atoms with Gasteiger partial charge in [0.1, 0.15) is 23.8 Å². The van der Waals surface area contributed by atoms with Gasteiger partial charge in [0.05, 0.1) is 12.9 Å². The van der Waals surface area contributed by atoms with Crippen LogP contribution in [-0.2, 0) is 4.74 Å². The smallest absolute Gasteiger partial charge is 0.228 e. The number of nitrogens with two attached hydrogens (primary N) is 1. The zero-order chi connectivity index (χ0) is 16.0. The van der Waals surface area contributed by atoms with Gasteiger partial charge in [0.2, 0.25) is 5.95 Å². The van der Waals surface area contributed by atoms with Gasteiger partial charge < -0.3 is 30.7 Å². The molecule has 0 radical (unpaired) electrons. The molecule has 4 atom stereocenters. The molecule has 10 nitrogen and oxygen atoms in total. The van der Waals surface area contributed by atoms with Gasteiger partial charge in [-0.3, -0.25) is 4.57 Å². The van der Waals surface area contributed by atoms with Crippen LogP contribution in [0.1, 0.15) is 6.23 Å². The molecule has 2 aromatic rings. The predicted molar refractivity (Wildman–Crippen MR) is 77.1 cm³/mol. The Morgan fingerprint density at radius 3 is 2.64 bits per heavy atom. The van der Waals surface area contributed by atoms with Crippen LogP contribution in [0.25, 0.3) is 11.2 Å². The number of rotatable bonds is 3. The lowest BCUT2D eigenvalue weighted by Crippen LogP contribution is -2.33. The molecule has 10 heteroatoms. The van der Waals surface area contributed by atoms with E-state index in [0.717, 1.165) is 0 Å². The topological polar surface area (TPSA) is 143 Å². The predicted octanol–water partition coefficient (Wildman–Crippen LogP) is -1.91. The zero-order valence-corrected chi connectivity index (χ0v) is 12.2. The fourth-order valence-corrected chi connectivity index (χ4v) is 2.42. The Morgan fingerprint density at radius 1 is 1.32 bits per heavy atom. The molecule has 0 amide bonds. The molecule has 22 heavy (non-hydrogen) atoms. The summed E-state index contributed by atoms with van der Waals surface area (Å²) in [5, 5.41) is 29.2. The minimum atomic E-state index is -1.21. The summed E-state index contributed by atoms with van der Waals surface area (Å²) in [7, 11) is 3.54. The number of ether oxygens (including phenoxy) is 1. The van der Waals surface area contributed by atoms with Crippen molar-refractivity contribution in [2.75, 3.05) is 31.3 Å². The van der Waals surface area contributed by atoms with Gasteiger partial charge in [0.25, 0.3) is 0 Å². The molecule has 1 aliphatic rings. The summed E-state index contributed by atoms with van der Waals surface area (Å²) in [6.07, 6.45) is -2.78. The van der Waals surface area contributed by atoms with E-state index in [2.05, 4.69) is 15.0 Å². The highest BCUT2D eigenvalue weighted by atomic mass is 16.6. The highest BCUT2D eigenvalue weighted by molar-refractivity contribution is 5.83. The molecule has 3 heterocycles. The maximum absolute atomic E-state index is 10.1. The summed E-state index contributed by atoms with van der Waals surface area (Å²) in [5.74, 6) is 0.595. The Bertz CT molecular complexity index is 690. The second-order valence-corrected chi connectivity index (χ2v) is 5.36. The lowest BCUT2D eigenvalue weighted by molar-refractivity contribution is -0.0511. The average molecular weight is 310 g/mol. The Balaban J connectivity index is 2.08. The second-order valence-electron chi connectivity index (χ2n) is 5.36. The van der Waals surface area contributed by atoms with Gasteiger partial charge in [-0.15, -0.1) is 0 Å². The van der Waals surface area contributed by atoms with Gasteiger partial charge >= 0.3 is 0 Å². The third-order valence-electron chi connectivity index (χ3n) is 3.63. The van der Waals surface area contributed by atoms with Gasteiger partial charge in [-0.1, -0.05) is 0 Å². The van der Waals surface area contributed by atoms with Crippen LogP contribution in [0.2, 0.25) is 0 Å². The van der Waals surface area contributed by atoms with Gasteiger partial charge in [0.15, 0.2) is 17.7 Å². The first kappa shape index (κ1) is 14.9. The monoisotopic (exact) mass is 310 g/mol. The molecule has 1 aliphatic heterocycles. The van der Waals surface area contributed by atoms with Crippen LogP contribution in [0, 0.1) is 0 Å². The number of nitrogen functional groups attached to an aromatic ring is 1. The lowest BCUT2D eigenvalue weighted by Gasteiger charge is -2.17. The van der Waals surface area contributed by atoms with E-state index in [-0.39, 0.29) is 5.82 Å². The Kier molecular flexibility index (Phi) is 3.60. The zero-order valence-electron chi connectivity index (χ0n) is 12.2. The highest BCUT2D eigenvalue weighted by Crippen LogP contribution is 2.32. The van der Waals surface area contributed by atoms with Gasteiger partial charge in [-0.2, -0.15) is 9.97 Å². The summed E-state index contributed by atoms with van der Waals surface area (Å²) >= 11 is 0. The van der Waals surface area contributed by atoms with Crippen molar-refractivity contribution in [3.05, 3.63) is 6.33 Å². The lowest BCUT2D eigenvalue weighted by atomic mass is 10.1. The molecule has 0 aliphatic carbocycles. The maximum atomic E-state index is 10.1. The number of fused-ring (bicyclic) bond motifs is 1. The van der Waals surface area contributed by atoms with Crippen molar-refractivity contribution in [3.8, 4) is 0 Å². The van der Waals surface area contributed by atoms with Crippen LogP contribution in [-0.4, -0.2) is 73.9 Å². The van der Waals surface area contributed by atoms with Gasteiger partial charge in [-0.05, 0) is 0 Å². The molecule has 1 fully saturated rings. The van der Waals surface area contributed by atoms with Gasteiger partial charge in [-0.25, -0.2) is 4.98 Å². The van der Waals surface area contributed by atoms with E-state index in [1.54, 1.807) is 19.0 Å². The fraction of sp³-hybridized carbons (Fsp3) is 0.583. The molecule has 0 saturated carbocycles. The van der Waals surface area contributed by atoms with Crippen molar-refractivity contribution in [1.82, 2.24) is 19.5 Å². The van der Waals surface area contributed by atoms with E-state index in [4.69, 9.17) is 10.5 Å². The van der Waals surface area contributed by atoms with E-state index in [1.165, 1.54) is 10.9 Å². The van der Waals surface area contributed by atoms with Crippen molar-refractivity contribution < 1.29 is 20.1 Å². The molecule has 1 saturated heterocycles. The van der Waals surface area contributed by atoms with Crippen LogP contribution in [0.3, 0.4) is 0 Å². The van der Waals surface area contributed by atoms with Crippen LogP contribution in [0.5, 0.6) is 0 Å². The summed E-state index contributed by atoms with van der Waals surface area (Å²) in [6.45, 7) is -0.401. The number of aromatic nitrogens is 4. The minimum absolute atomic E-state index is 0.208. The number of imidazole rings is 1. The largest absolute Gasteiger partial charge is 0.394 e. The molecule has 0 bridgehead atoms. The first-order valence-corrected chi connectivity index (χ1v) is 6.74. The first-order valence-electron chi connectivity index (χ1n) is 6.74. The number of nitrogens with zero attached hydrogens (tertiary/aromatic N) is 5. The summed E-state index contributed by atoms with van der Waals surface area (Å²) in [6, 6.07) is 0. The number of hydrogen-bond acceptors (Lipinski definition) is 9. The SMILES string of the molecule is CN(C)c1nc(N)c2ncn(C3OC(CO)C(O)C3O)c2n1. The molecule has 0 aromatic carbocycles. The van der Waals surface area contributed by atoms with Gasteiger partial charge in [0, 0.05) is 14.1 Å². The second kappa shape index (κ2) is 5.32. The van der Waals surface area contributed by atoms with Crippen molar-refractivity contribution in [2.45, 2.75) is 24.5 Å². The molecule has 3 rings (SSSR count). The Morgan fingerprint density at radius 2 is 2.05 bits per heavy atom.